The van der Waals surface area contributed by atoms with Gasteiger partial charge in [0.1, 0.15) is 5.69 Å². The Morgan fingerprint density at radius 3 is 2.31 bits per heavy atom. The number of hydrogen-bond donors (Lipinski definition) is 0. The van der Waals surface area contributed by atoms with E-state index in [1.807, 2.05) is 0 Å². The number of halogens is 6. The number of carbonyl (C=O) groups excluding carboxylic acids is 1. The molecule has 0 atom stereocenters. The van der Waals surface area contributed by atoms with Gasteiger partial charge in [0.25, 0.3) is 6.43 Å². The molecule has 0 aliphatic rings. The third kappa shape index (κ3) is 2.55. The Morgan fingerprint density at radius 2 is 1.94 bits per heavy atom. The molecule has 0 radical (unpaired) electrons. The van der Waals surface area contributed by atoms with Crippen LogP contribution < -0.4 is 0 Å². The van der Waals surface area contributed by atoms with E-state index in [0.717, 1.165) is 6.07 Å². The normalized spacial score (nSPS) is 11.9. The zero-order valence-electron chi connectivity index (χ0n) is 7.36. The average Bonchev–Trinajstić information content (AvgIpc) is 2.14. The van der Waals surface area contributed by atoms with E-state index in [-0.39, 0.29) is 6.29 Å². The van der Waals surface area contributed by atoms with Crippen LogP contribution in [0.25, 0.3) is 0 Å². The molecule has 2 nitrogen and oxygen atoms in total. The summed E-state index contributed by atoms with van der Waals surface area (Å²) in [6.07, 6.45) is -8.32. The molecule has 0 N–H and O–H groups in total. The van der Waals surface area contributed by atoms with Crippen molar-refractivity contribution >= 4 is 22.2 Å². The van der Waals surface area contributed by atoms with Crippen LogP contribution in [0.4, 0.5) is 22.0 Å². The third-order valence-corrected chi connectivity index (χ3v) is 2.29. The van der Waals surface area contributed by atoms with Crippen LogP contribution in [0, 0.1) is 0 Å². The van der Waals surface area contributed by atoms with Crippen molar-refractivity contribution in [3.8, 4) is 0 Å². The van der Waals surface area contributed by atoms with Crippen LogP contribution in [-0.4, -0.2) is 11.3 Å². The van der Waals surface area contributed by atoms with Gasteiger partial charge in [-0.25, -0.2) is 13.8 Å². The highest BCUT2D eigenvalue weighted by molar-refractivity contribution is 9.10. The molecule has 1 aromatic heterocycles. The summed E-state index contributed by atoms with van der Waals surface area (Å²) in [5.41, 5.74) is -3.58. The van der Waals surface area contributed by atoms with Crippen molar-refractivity contribution in [2.24, 2.45) is 0 Å². The smallest absolute Gasteiger partial charge is 0.296 e. The van der Waals surface area contributed by atoms with Gasteiger partial charge in [-0.05, 0) is 6.07 Å². The molecule has 0 saturated carbocycles. The number of alkyl halides is 5. The van der Waals surface area contributed by atoms with Gasteiger partial charge in [0.15, 0.2) is 12.0 Å². The molecule has 1 rings (SSSR count). The average molecular weight is 304 g/mol. The Hall–Kier alpha value is -1.05. The molecule has 16 heavy (non-hydrogen) atoms. The van der Waals surface area contributed by atoms with Gasteiger partial charge in [-0.3, -0.25) is 4.79 Å². The molecule has 0 unspecified atom stereocenters. The second-order valence-electron chi connectivity index (χ2n) is 2.71. The van der Waals surface area contributed by atoms with E-state index in [0.29, 0.717) is 0 Å². The molecule has 0 amide bonds. The van der Waals surface area contributed by atoms with E-state index in [9.17, 15) is 26.7 Å². The fourth-order valence-corrected chi connectivity index (χ4v) is 1.62. The second-order valence-corrected chi connectivity index (χ2v) is 3.56. The Bertz CT molecular complexity index is 418. The molecule has 0 fully saturated rings. The van der Waals surface area contributed by atoms with Crippen molar-refractivity contribution in [2.45, 2.75) is 12.6 Å². The molecule has 1 heterocycles. The summed E-state index contributed by atoms with van der Waals surface area (Å²) in [5.74, 6) is 0. The van der Waals surface area contributed by atoms with Crippen LogP contribution >= 0.6 is 15.9 Å². The van der Waals surface area contributed by atoms with Crippen molar-refractivity contribution in [1.82, 2.24) is 4.98 Å². The summed E-state index contributed by atoms with van der Waals surface area (Å²) in [6.45, 7) is 0. The molecule has 0 aliphatic carbocycles. The molecular formula is C8H3BrF5NO. The van der Waals surface area contributed by atoms with Crippen molar-refractivity contribution in [1.29, 1.82) is 0 Å². The van der Waals surface area contributed by atoms with Crippen LogP contribution in [0.1, 0.15) is 28.2 Å². The summed E-state index contributed by atoms with van der Waals surface area (Å²) in [7, 11) is 0. The second kappa shape index (κ2) is 4.44. The first-order valence-electron chi connectivity index (χ1n) is 3.78. The maximum Gasteiger partial charge on any atom is 0.433 e. The zero-order valence-corrected chi connectivity index (χ0v) is 8.94. The Kier molecular flexibility index (Phi) is 3.61. The highest BCUT2D eigenvalue weighted by atomic mass is 79.9. The molecule has 0 aromatic carbocycles. The first-order valence-corrected chi connectivity index (χ1v) is 4.57. The molecule has 0 aliphatic heterocycles. The molecule has 0 saturated heterocycles. The molecule has 88 valence electrons. The fraction of sp³-hybridized carbons (Fsp3) is 0.250. The first kappa shape index (κ1) is 13.0. The number of nitrogens with zero attached hydrogens (tertiary/aromatic N) is 1. The number of carbonyl (C=O) groups is 1. The predicted molar refractivity (Wildman–Crippen MR) is 47.3 cm³/mol. The molecule has 0 bridgehead atoms. The Labute approximate surface area is 94.6 Å². The number of aldehydes is 1. The number of rotatable bonds is 2. The van der Waals surface area contributed by atoms with Crippen LogP contribution in [0.15, 0.2) is 10.5 Å². The highest BCUT2D eigenvalue weighted by Crippen LogP contribution is 2.38. The number of aromatic nitrogens is 1. The van der Waals surface area contributed by atoms with E-state index in [1.165, 1.54) is 0 Å². The SMILES string of the molecule is O=Cc1cc(Br)c(C(F)F)c(C(F)(F)F)n1. The quantitative estimate of drug-likeness (QED) is 0.617. The van der Waals surface area contributed by atoms with E-state index in [1.54, 1.807) is 0 Å². The van der Waals surface area contributed by atoms with Crippen LogP contribution in [0.2, 0.25) is 0 Å². The maximum atomic E-state index is 12.4. The van der Waals surface area contributed by atoms with Gasteiger partial charge in [0.05, 0.1) is 5.56 Å². The Balaban J connectivity index is 3.53. The lowest BCUT2D eigenvalue weighted by atomic mass is 10.1. The lowest BCUT2D eigenvalue weighted by molar-refractivity contribution is -0.143. The fourth-order valence-electron chi connectivity index (χ4n) is 1.03. The van der Waals surface area contributed by atoms with Crippen molar-refractivity contribution in [3.63, 3.8) is 0 Å². The standard InChI is InChI=1S/C8H3BrF5NO/c9-4-1-3(2-16)15-6(8(12,13)14)5(4)7(10)11/h1-2,7H. The van der Waals surface area contributed by atoms with Gasteiger partial charge in [-0.15, -0.1) is 0 Å². The van der Waals surface area contributed by atoms with E-state index < -0.39 is 34.0 Å². The minimum Gasteiger partial charge on any atom is -0.296 e. The monoisotopic (exact) mass is 303 g/mol. The minimum absolute atomic E-state index is 0.0508. The van der Waals surface area contributed by atoms with Gasteiger partial charge in [0, 0.05) is 4.47 Å². The lowest BCUT2D eigenvalue weighted by Gasteiger charge is -2.13. The molecule has 1 aromatic rings. The maximum absolute atomic E-state index is 12.4. The topological polar surface area (TPSA) is 30.0 Å². The van der Waals surface area contributed by atoms with Crippen molar-refractivity contribution in [2.75, 3.05) is 0 Å². The van der Waals surface area contributed by atoms with Gasteiger partial charge in [0.2, 0.25) is 0 Å². The minimum atomic E-state index is -5.03. The lowest BCUT2D eigenvalue weighted by Crippen LogP contribution is -2.14. The van der Waals surface area contributed by atoms with Gasteiger partial charge < -0.3 is 0 Å². The van der Waals surface area contributed by atoms with Crippen LogP contribution in [0.5, 0.6) is 0 Å². The van der Waals surface area contributed by atoms with Gasteiger partial charge in [-0.2, -0.15) is 13.2 Å². The third-order valence-electron chi connectivity index (χ3n) is 1.64. The summed E-state index contributed by atoms with van der Waals surface area (Å²) < 4.78 is 61.4. The Morgan fingerprint density at radius 1 is 1.38 bits per heavy atom. The molecule has 8 heteroatoms. The zero-order chi connectivity index (χ0) is 12.5. The van der Waals surface area contributed by atoms with E-state index in [2.05, 4.69) is 20.9 Å². The van der Waals surface area contributed by atoms with Gasteiger partial charge in [-0.1, -0.05) is 15.9 Å². The van der Waals surface area contributed by atoms with Crippen molar-refractivity contribution in [3.05, 3.63) is 27.5 Å². The largest absolute Gasteiger partial charge is 0.433 e. The summed E-state index contributed by atoms with van der Waals surface area (Å²) in [4.78, 5) is 13.1. The summed E-state index contributed by atoms with van der Waals surface area (Å²) in [5, 5.41) is 0. The predicted octanol–water partition coefficient (Wildman–Crippen LogP) is 3.61. The van der Waals surface area contributed by atoms with Crippen LogP contribution in [-0.2, 0) is 6.18 Å². The summed E-state index contributed by atoms with van der Waals surface area (Å²) >= 11 is 2.55. The van der Waals surface area contributed by atoms with Crippen LogP contribution in [0.3, 0.4) is 0 Å². The number of hydrogen-bond acceptors (Lipinski definition) is 2. The number of pyridine rings is 1. The first-order chi connectivity index (χ1) is 7.27. The molecular weight excluding hydrogens is 301 g/mol. The van der Waals surface area contributed by atoms with E-state index in [4.69, 9.17) is 0 Å². The summed E-state index contributed by atoms with van der Waals surface area (Å²) in [6, 6.07) is 0.809. The highest BCUT2D eigenvalue weighted by Gasteiger charge is 2.39. The van der Waals surface area contributed by atoms with E-state index >= 15 is 0 Å². The molecule has 0 spiro atoms. The van der Waals surface area contributed by atoms with Crippen molar-refractivity contribution < 1.29 is 26.7 Å². The van der Waals surface area contributed by atoms with Gasteiger partial charge >= 0.3 is 6.18 Å².